The second-order valence-electron chi connectivity index (χ2n) is 11.5. The third-order valence-electron chi connectivity index (χ3n) is 7.25. The number of ether oxygens (including phenoxy) is 6. The molecule has 50 heavy (non-hydrogen) atoms. The Morgan fingerprint density at radius 2 is 1.32 bits per heavy atom. The molecule has 0 atom stereocenters. The smallest absolute Gasteiger partial charge is 0.418 e. The summed E-state index contributed by atoms with van der Waals surface area (Å²) in [5.41, 5.74) is 4.71. The van der Waals surface area contributed by atoms with E-state index in [0.29, 0.717) is 64.9 Å². The summed E-state index contributed by atoms with van der Waals surface area (Å²) in [5, 5.41) is 7.57. The van der Waals surface area contributed by atoms with Gasteiger partial charge in [-0.2, -0.15) is 0 Å². The summed E-state index contributed by atoms with van der Waals surface area (Å²) in [4.78, 5) is 35.4. The van der Waals surface area contributed by atoms with Crippen molar-refractivity contribution in [3.8, 4) is 23.0 Å². The normalized spacial score (nSPS) is 11.8. The molecule has 0 spiro atoms. The van der Waals surface area contributed by atoms with Gasteiger partial charge < -0.3 is 39.1 Å². The van der Waals surface area contributed by atoms with Gasteiger partial charge in [0.05, 0.1) is 39.6 Å². The number of hydrogen-bond donors (Lipinski definition) is 3. The number of amides is 3. The van der Waals surface area contributed by atoms with Gasteiger partial charge in [0.2, 0.25) is 0 Å². The number of benzene rings is 2. The number of nitrogens with one attached hydrogen (secondary N) is 3. The predicted molar refractivity (Wildman–Crippen MR) is 196 cm³/mol. The lowest BCUT2D eigenvalue weighted by Crippen LogP contribution is -2.30. The fraction of sp³-hybridized carbons (Fsp3) is 0.514. The zero-order valence-electron chi connectivity index (χ0n) is 28.7. The first-order valence-corrected chi connectivity index (χ1v) is 18.8. The van der Waals surface area contributed by atoms with Crippen molar-refractivity contribution >= 4 is 47.7 Å². The van der Waals surface area contributed by atoms with Gasteiger partial charge in [0.15, 0.2) is 7.85 Å². The van der Waals surface area contributed by atoms with Crippen molar-refractivity contribution in [1.29, 1.82) is 0 Å². The van der Waals surface area contributed by atoms with Crippen LogP contribution in [-0.2, 0) is 28.4 Å². The van der Waals surface area contributed by atoms with Crippen molar-refractivity contribution in [1.82, 2.24) is 16.0 Å². The van der Waals surface area contributed by atoms with Crippen molar-refractivity contribution < 1.29 is 42.8 Å². The van der Waals surface area contributed by atoms with Gasteiger partial charge in [-0.05, 0) is 55.4 Å². The van der Waals surface area contributed by atoms with Gasteiger partial charge in [0, 0.05) is 36.4 Å². The second kappa shape index (κ2) is 23.8. The van der Waals surface area contributed by atoms with Crippen LogP contribution in [0.4, 0.5) is 14.4 Å². The fourth-order valence-corrected chi connectivity index (χ4v) is 7.05. The van der Waals surface area contributed by atoms with Crippen molar-refractivity contribution in [2.24, 2.45) is 0 Å². The van der Waals surface area contributed by atoms with E-state index in [1.165, 1.54) is 22.3 Å². The summed E-state index contributed by atoms with van der Waals surface area (Å²) in [5.74, 6) is 2.59. The van der Waals surface area contributed by atoms with Crippen molar-refractivity contribution in [3.05, 3.63) is 59.7 Å². The quantitative estimate of drug-likeness (QED) is 0.0258. The van der Waals surface area contributed by atoms with E-state index in [0.717, 1.165) is 6.42 Å². The predicted octanol–water partition coefficient (Wildman–Crippen LogP) is 5.40. The van der Waals surface area contributed by atoms with Gasteiger partial charge in [0.1, 0.15) is 12.5 Å². The highest BCUT2D eigenvalue weighted by Crippen LogP contribution is 2.44. The molecule has 2 aromatic carbocycles. The van der Waals surface area contributed by atoms with E-state index < -0.39 is 18.3 Å². The zero-order valence-corrected chi connectivity index (χ0v) is 30.3. The standard InChI is InChI=1S/C35H46BN3O9S2/c1-35(2,50-49-26-45-18-7-8-19-46-32(40)37-15-14-36)13-20-47-33(41)38-16-21-43-23-24-44-22-17-39-34(42)48-25-31-29-11-5-3-9-27(29)28-10-4-6-12-30(28)31/h3-6,9-12,31H,7-8,13,16-26H2,1-2H3,(H,37,40)(H,38,41)(H,39,42). The average molecular weight is 728 g/mol. The SMILES string of the molecule is [B]C#CNC(=O)OCCCCOCSSC(C)(C)CCOC(=O)NCCOCCOCCNC(=O)OCC1c2ccccc2-c2ccccc21. The third-order valence-corrected chi connectivity index (χ3v) is 10.3. The molecule has 0 bridgehead atoms. The van der Waals surface area contributed by atoms with Crippen molar-refractivity contribution in [2.45, 2.75) is 43.8 Å². The monoisotopic (exact) mass is 727 g/mol. The lowest BCUT2D eigenvalue weighted by molar-refractivity contribution is 0.0487. The van der Waals surface area contributed by atoms with Crippen LogP contribution >= 0.6 is 21.6 Å². The summed E-state index contributed by atoms with van der Waals surface area (Å²) in [6, 6.07) is 18.6. The van der Waals surface area contributed by atoms with E-state index in [9.17, 15) is 14.4 Å². The van der Waals surface area contributed by atoms with Gasteiger partial charge in [-0.1, -0.05) is 70.1 Å². The van der Waals surface area contributed by atoms with Gasteiger partial charge in [-0.15, -0.1) is 5.82 Å². The van der Waals surface area contributed by atoms with Crippen LogP contribution in [0, 0.1) is 11.9 Å². The largest absolute Gasteiger partial charge is 0.450 e. The Hall–Kier alpha value is -3.55. The molecule has 270 valence electrons. The number of alkyl carbamates (subject to hydrolysis) is 3. The Balaban J connectivity index is 1.08. The van der Waals surface area contributed by atoms with Crippen LogP contribution in [0.2, 0.25) is 0 Å². The molecule has 0 aliphatic heterocycles. The molecule has 0 unspecified atom stereocenters. The molecule has 15 heteroatoms. The molecule has 1 aliphatic rings. The molecule has 2 radical (unpaired) electrons. The number of fused-ring (bicyclic) bond motifs is 3. The van der Waals surface area contributed by atoms with Crippen LogP contribution in [0.3, 0.4) is 0 Å². The Labute approximate surface area is 303 Å². The first-order valence-electron chi connectivity index (χ1n) is 16.5. The van der Waals surface area contributed by atoms with Gasteiger partial charge in [-0.25, -0.2) is 14.4 Å². The van der Waals surface area contributed by atoms with Crippen LogP contribution in [0.25, 0.3) is 11.1 Å². The minimum atomic E-state index is -0.622. The maximum atomic E-state index is 12.3. The van der Waals surface area contributed by atoms with E-state index in [4.69, 9.17) is 36.3 Å². The van der Waals surface area contributed by atoms with E-state index in [1.54, 1.807) is 21.6 Å². The van der Waals surface area contributed by atoms with Crippen molar-refractivity contribution in [3.63, 3.8) is 0 Å². The minimum absolute atomic E-state index is 0.0166. The van der Waals surface area contributed by atoms with Gasteiger partial charge in [-0.3, -0.25) is 5.32 Å². The highest BCUT2D eigenvalue weighted by atomic mass is 33.1. The van der Waals surface area contributed by atoms with Gasteiger partial charge >= 0.3 is 18.3 Å². The third kappa shape index (κ3) is 16.0. The molecule has 12 nitrogen and oxygen atoms in total. The number of carbonyl (C=O) groups is 3. The summed E-state index contributed by atoms with van der Waals surface area (Å²) in [6.45, 7) is 7.54. The number of hydrogen-bond acceptors (Lipinski definition) is 11. The highest BCUT2D eigenvalue weighted by molar-refractivity contribution is 8.77. The molecular formula is C35H46BN3O9S2. The van der Waals surface area contributed by atoms with Crippen LogP contribution in [-0.4, -0.2) is 103 Å². The van der Waals surface area contributed by atoms with Crippen LogP contribution < -0.4 is 16.0 Å². The number of carbonyl (C=O) groups excluding carboxylic acids is 3. The van der Waals surface area contributed by atoms with E-state index >= 15 is 0 Å². The molecular weight excluding hydrogens is 681 g/mol. The summed E-state index contributed by atoms with van der Waals surface area (Å²) < 4.78 is 32.2. The van der Waals surface area contributed by atoms with E-state index in [1.807, 2.05) is 24.3 Å². The number of unbranched alkanes of at least 4 members (excludes halogenated alkanes) is 1. The first-order chi connectivity index (χ1) is 24.3. The molecule has 0 saturated carbocycles. The Bertz CT molecular complexity index is 1360. The average Bonchev–Trinajstić information content (AvgIpc) is 3.43. The molecule has 2 aromatic rings. The lowest BCUT2D eigenvalue weighted by Gasteiger charge is -2.22. The Kier molecular flexibility index (Phi) is 19.4. The maximum absolute atomic E-state index is 12.3. The van der Waals surface area contributed by atoms with E-state index in [-0.39, 0.29) is 30.5 Å². The Morgan fingerprint density at radius 1 is 0.740 bits per heavy atom. The molecule has 3 rings (SSSR count). The molecule has 0 fully saturated rings. The second-order valence-corrected chi connectivity index (χ2v) is 14.5. The van der Waals surface area contributed by atoms with E-state index in [2.05, 4.69) is 65.9 Å². The summed E-state index contributed by atoms with van der Waals surface area (Å²) >= 11 is 0. The summed E-state index contributed by atoms with van der Waals surface area (Å²) in [6.07, 6.45) is 0.526. The molecule has 0 aromatic heterocycles. The van der Waals surface area contributed by atoms with Crippen molar-refractivity contribution in [2.75, 3.05) is 71.9 Å². The highest BCUT2D eigenvalue weighted by Gasteiger charge is 2.29. The lowest BCUT2D eigenvalue weighted by atomic mass is 9.98. The summed E-state index contributed by atoms with van der Waals surface area (Å²) in [7, 11) is 8.22. The van der Waals surface area contributed by atoms with Gasteiger partial charge in [0.25, 0.3) is 0 Å². The topological polar surface area (TPSA) is 143 Å². The minimum Gasteiger partial charge on any atom is -0.450 e. The molecule has 0 saturated heterocycles. The molecule has 0 heterocycles. The number of rotatable bonds is 23. The van der Waals surface area contributed by atoms with Crippen LogP contribution in [0.1, 0.15) is 50.2 Å². The van der Waals surface area contributed by atoms with Crippen LogP contribution in [0.5, 0.6) is 0 Å². The fourth-order valence-electron chi connectivity index (χ4n) is 4.77. The molecule has 3 N–H and O–H groups in total. The zero-order chi connectivity index (χ0) is 35.9. The van der Waals surface area contributed by atoms with Crippen LogP contribution in [0.15, 0.2) is 48.5 Å². The molecule has 1 aliphatic carbocycles. The first kappa shape index (κ1) is 40.9. The maximum Gasteiger partial charge on any atom is 0.418 e. The molecule has 3 amide bonds. The Morgan fingerprint density at radius 3 is 1.96 bits per heavy atom.